The van der Waals surface area contributed by atoms with Gasteiger partial charge in [0.2, 0.25) is 0 Å². The predicted octanol–water partition coefficient (Wildman–Crippen LogP) is 0.843. The lowest BCUT2D eigenvalue weighted by Crippen LogP contribution is -2.41. The number of anilines is 1. The second-order valence-corrected chi connectivity index (χ2v) is 7.66. The molecule has 2 rings (SSSR count). The highest BCUT2D eigenvalue weighted by Gasteiger charge is 2.33. The Kier molecular flexibility index (Phi) is 4.28. The molecule has 1 aliphatic rings. The third-order valence-electron chi connectivity index (χ3n) is 3.07. The van der Waals surface area contributed by atoms with Crippen LogP contribution in [0.5, 0.6) is 0 Å². The van der Waals surface area contributed by atoms with E-state index in [2.05, 4.69) is 5.32 Å². The second-order valence-electron chi connectivity index (χ2n) is 4.45. The van der Waals surface area contributed by atoms with E-state index in [1.54, 1.807) is 0 Å². The van der Waals surface area contributed by atoms with Gasteiger partial charge in [-0.15, -0.1) is 0 Å². The van der Waals surface area contributed by atoms with E-state index in [4.69, 9.17) is 0 Å². The molecule has 0 saturated carbocycles. The van der Waals surface area contributed by atoms with Crippen LogP contribution < -0.4 is 5.32 Å². The molecule has 1 fully saturated rings. The van der Waals surface area contributed by atoms with Gasteiger partial charge in [0.05, 0.1) is 11.0 Å². The molecule has 0 bridgehead atoms. The summed E-state index contributed by atoms with van der Waals surface area (Å²) in [6.45, 7) is 0.350. The number of sulfonamides is 1. The molecule has 1 aromatic heterocycles. The number of rotatable bonds is 4. The zero-order chi connectivity index (χ0) is 14.9. The summed E-state index contributed by atoms with van der Waals surface area (Å²) in [5.41, 5.74) is -0.256. The average molecular weight is 321 g/mol. The van der Waals surface area contributed by atoms with E-state index in [1.165, 1.54) is 11.4 Å². The molecule has 20 heavy (non-hydrogen) atoms. The smallest absolute Gasteiger partial charge is 0.304 e. The molecule has 2 N–H and O–H groups in total. The molecule has 8 nitrogen and oxygen atoms in total. The van der Waals surface area contributed by atoms with E-state index >= 15 is 0 Å². The first-order valence-corrected chi connectivity index (χ1v) is 8.26. The van der Waals surface area contributed by atoms with E-state index in [0.717, 1.165) is 17.4 Å². The summed E-state index contributed by atoms with van der Waals surface area (Å²) in [7, 11) is -2.29. The number of aliphatic hydroxyl groups excluding tert-OH is 1. The Hall–Kier alpha value is -1.23. The first kappa shape index (κ1) is 15.2. The molecule has 0 aromatic carbocycles. The molecule has 1 aromatic rings. The van der Waals surface area contributed by atoms with Crippen molar-refractivity contribution in [2.75, 3.05) is 25.5 Å². The maximum absolute atomic E-state index is 12.4. The number of piperidine rings is 1. The summed E-state index contributed by atoms with van der Waals surface area (Å²) in [5.74, 6) is 0. The fraction of sp³-hybridized carbons (Fsp3) is 0.600. The van der Waals surface area contributed by atoms with Gasteiger partial charge in [0.25, 0.3) is 10.0 Å². The third kappa shape index (κ3) is 2.77. The van der Waals surface area contributed by atoms with Gasteiger partial charge >= 0.3 is 5.69 Å². The van der Waals surface area contributed by atoms with Gasteiger partial charge in [-0.25, -0.2) is 8.42 Å². The summed E-state index contributed by atoms with van der Waals surface area (Å²) >= 11 is 0.826. The van der Waals surface area contributed by atoms with Crippen molar-refractivity contribution in [2.24, 2.45) is 0 Å². The zero-order valence-electron chi connectivity index (χ0n) is 10.8. The fourth-order valence-electron chi connectivity index (χ4n) is 2.07. The number of hydrogen-bond donors (Lipinski definition) is 2. The molecule has 1 atom stereocenters. The maximum atomic E-state index is 12.4. The van der Waals surface area contributed by atoms with E-state index < -0.39 is 21.1 Å². The van der Waals surface area contributed by atoms with Crippen molar-refractivity contribution in [1.29, 1.82) is 0 Å². The normalized spacial score (nSPS) is 20.8. The standard InChI is InChI=1S/C10H15N3O5S2/c1-11-10-8(13(15)16)5-9(19-10)20(17,18)12-4-2-3-7(14)6-12/h5,7,11,14H,2-4,6H2,1H3. The van der Waals surface area contributed by atoms with Crippen molar-refractivity contribution in [3.8, 4) is 0 Å². The van der Waals surface area contributed by atoms with Gasteiger partial charge in [0.15, 0.2) is 5.00 Å². The summed E-state index contributed by atoms with van der Waals surface area (Å²) in [5, 5.41) is 23.3. The van der Waals surface area contributed by atoms with Gasteiger partial charge in [-0.1, -0.05) is 11.3 Å². The van der Waals surface area contributed by atoms with Crippen LogP contribution >= 0.6 is 11.3 Å². The third-order valence-corrected chi connectivity index (χ3v) is 6.52. The minimum absolute atomic E-state index is 0.0307. The number of nitro groups is 1. The topological polar surface area (TPSA) is 113 Å². The van der Waals surface area contributed by atoms with E-state index in [-0.39, 0.29) is 21.4 Å². The van der Waals surface area contributed by atoms with Crippen LogP contribution in [-0.4, -0.2) is 49.0 Å². The molecule has 10 heteroatoms. The Morgan fingerprint density at radius 3 is 2.80 bits per heavy atom. The predicted molar refractivity (Wildman–Crippen MR) is 74.5 cm³/mol. The number of β-amino-alcohol motifs (C(OH)–C–C–N with tert-alkyl or cyclic N) is 1. The summed E-state index contributed by atoms with van der Waals surface area (Å²) in [6, 6.07) is 1.06. The van der Waals surface area contributed by atoms with Crippen LogP contribution in [0.25, 0.3) is 0 Å². The molecule has 0 radical (unpaired) electrons. The van der Waals surface area contributed by atoms with Gasteiger partial charge in [-0.3, -0.25) is 10.1 Å². The van der Waals surface area contributed by atoms with E-state index in [1.807, 2.05) is 0 Å². The molecular weight excluding hydrogens is 306 g/mol. The molecule has 0 aliphatic carbocycles. The van der Waals surface area contributed by atoms with Gasteiger partial charge in [-0.2, -0.15) is 4.31 Å². The lowest BCUT2D eigenvalue weighted by molar-refractivity contribution is -0.383. The Labute approximate surface area is 120 Å². The molecule has 1 unspecified atom stereocenters. The SMILES string of the molecule is CNc1sc(S(=O)(=O)N2CCCC(O)C2)cc1[N+](=O)[O-]. The highest BCUT2D eigenvalue weighted by molar-refractivity contribution is 7.91. The molecule has 1 aliphatic heterocycles. The van der Waals surface area contributed by atoms with Crippen molar-refractivity contribution in [3.05, 3.63) is 16.2 Å². The second kappa shape index (κ2) is 5.64. The van der Waals surface area contributed by atoms with Crippen molar-refractivity contribution < 1.29 is 18.4 Å². The van der Waals surface area contributed by atoms with E-state index in [9.17, 15) is 23.6 Å². The van der Waals surface area contributed by atoms with Crippen LogP contribution in [-0.2, 0) is 10.0 Å². The first-order valence-electron chi connectivity index (χ1n) is 6.00. The summed E-state index contributed by atoms with van der Waals surface area (Å²) in [6.07, 6.45) is 0.461. The number of aliphatic hydroxyl groups is 1. The molecular formula is C10H15N3O5S2. The van der Waals surface area contributed by atoms with Crippen LogP contribution in [0.1, 0.15) is 12.8 Å². The van der Waals surface area contributed by atoms with Gasteiger partial charge in [-0.05, 0) is 12.8 Å². The maximum Gasteiger partial charge on any atom is 0.304 e. The highest BCUT2D eigenvalue weighted by Crippen LogP contribution is 2.38. The lowest BCUT2D eigenvalue weighted by atomic mass is 10.1. The van der Waals surface area contributed by atoms with Crippen LogP contribution in [0.15, 0.2) is 10.3 Å². The Morgan fingerprint density at radius 2 is 2.30 bits per heavy atom. The molecule has 1 saturated heterocycles. The number of nitrogens with zero attached hydrogens (tertiary/aromatic N) is 2. The Morgan fingerprint density at radius 1 is 1.60 bits per heavy atom. The van der Waals surface area contributed by atoms with Crippen LogP contribution in [0.2, 0.25) is 0 Å². The Bertz CT molecular complexity index is 612. The number of nitrogens with one attached hydrogen (secondary N) is 1. The fourth-order valence-corrected chi connectivity index (χ4v) is 5.02. The average Bonchev–Trinajstić information content (AvgIpc) is 2.83. The molecule has 112 valence electrons. The quantitative estimate of drug-likeness (QED) is 0.628. The van der Waals surface area contributed by atoms with Gasteiger partial charge in [0.1, 0.15) is 4.21 Å². The lowest BCUT2D eigenvalue weighted by Gasteiger charge is -2.28. The van der Waals surface area contributed by atoms with Crippen molar-refractivity contribution in [1.82, 2.24) is 4.31 Å². The zero-order valence-corrected chi connectivity index (χ0v) is 12.4. The molecule has 2 heterocycles. The van der Waals surface area contributed by atoms with E-state index in [0.29, 0.717) is 19.4 Å². The van der Waals surface area contributed by atoms with Gasteiger partial charge in [0, 0.05) is 26.2 Å². The molecule has 0 spiro atoms. The summed E-state index contributed by atoms with van der Waals surface area (Å²) < 4.78 is 25.9. The monoisotopic (exact) mass is 321 g/mol. The minimum Gasteiger partial charge on any atom is -0.392 e. The van der Waals surface area contributed by atoms with Crippen molar-refractivity contribution >= 4 is 32.0 Å². The van der Waals surface area contributed by atoms with Gasteiger partial charge < -0.3 is 10.4 Å². The van der Waals surface area contributed by atoms with Crippen LogP contribution in [0.3, 0.4) is 0 Å². The minimum atomic E-state index is -3.79. The number of hydrogen-bond acceptors (Lipinski definition) is 7. The summed E-state index contributed by atoms with van der Waals surface area (Å²) in [4.78, 5) is 10.3. The van der Waals surface area contributed by atoms with Crippen LogP contribution in [0.4, 0.5) is 10.7 Å². The number of thiophene rings is 1. The Balaban J connectivity index is 2.36. The van der Waals surface area contributed by atoms with Crippen molar-refractivity contribution in [3.63, 3.8) is 0 Å². The first-order chi connectivity index (χ1) is 9.36. The van der Waals surface area contributed by atoms with Crippen molar-refractivity contribution in [2.45, 2.75) is 23.2 Å². The molecule has 0 amide bonds. The van der Waals surface area contributed by atoms with Crippen LogP contribution in [0, 0.1) is 10.1 Å². The highest BCUT2D eigenvalue weighted by atomic mass is 32.2. The largest absolute Gasteiger partial charge is 0.392 e.